The number of carboxylic acids is 1. The van der Waals surface area contributed by atoms with Crippen molar-refractivity contribution in [3.63, 3.8) is 0 Å². The SMILES string of the molecule is CC=CC(OP(=O)(OCC)OCC)C(=O)O. The molecule has 0 spiro atoms. The first-order chi connectivity index (χ1) is 7.49. The van der Waals surface area contributed by atoms with Crippen LogP contribution >= 0.6 is 7.82 Å². The summed E-state index contributed by atoms with van der Waals surface area (Å²) in [5.74, 6) is -1.25. The van der Waals surface area contributed by atoms with E-state index in [9.17, 15) is 9.36 Å². The van der Waals surface area contributed by atoms with Gasteiger partial charge in [0.1, 0.15) is 0 Å². The van der Waals surface area contributed by atoms with Crippen molar-refractivity contribution in [3.05, 3.63) is 12.2 Å². The Morgan fingerprint density at radius 2 is 1.88 bits per heavy atom. The molecule has 0 aliphatic carbocycles. The molecular weight excluding hydrogens is 235 g/mol. The zero-order valence-electron chi connectivity index (χ0n) is 9.58. The van der Waals surface area contributed by atoms with Crippen LogP contribution in [0.2, 0.25) is 0 Å². The summed E-state index contributed by atoms with van der Waals surface area (Å²) < 4.78 is 26.3. The number of hydrogen-bond donors (Lipinski definition) is 1. The van der Waals surface area contributed by atoms with Gasteiger partial charge in [-0.3, -0.25) is 13.6 Å². The van der Waals surface area contributed by atoms with Crippen LogP contribution in [0.4, 0.5) is 0 Å². The smallest absolute Gasteiger partial charge is 0.475 e. The molecule has 0 aliphatic rings. The molecule has 94 valence electrons. The Bertz CT molecular complexity index is 278. The molecule has 16 heavy (non-hydrogen) atoms. The van der Waals surface area contributed by atoms with Crippen LogP contribution in [0.3, 0.4) is 0 Å². The predicted molar refractivity (Wildman–Crippen MR) is 58.2 cm³/mol. The van der Waals surface area contributed by atoms with Gasteiger partial charge >= 0.3 is 13.8 Å². The van der Waals surface area contributed by atoms with Crippen molar-refractivity contribution in [1.82, 2.24) is 0 Å². The maximum Gasteiger partial charge on any atom is 0.475 e. The van der Waals surface area contributed by atoms with E-state index in [1.807, 2.05) is 0 Å². The lowest BCUT2D eigenvalue weighted by atomic mass is 10.3. The number of aliphatic carboxylic acids is 1. The molecule has 0 amide bonds. The highest BCUT2D eigenvalue weighted by Gasteiger charge is 2.32. The fraction of sp³-hybridized carbons (Fsp3) is 0.667. The summed E-state index contributed by atoms with van der Waals surface area (Å²) in [5, 5.41) is 8.80. The molecule has 0 heterocycles. The Morgan fingerprint density at radius 3 is 2.19 bits per heavy atom. The summed E-state index contributed by atoms with van der Waals surface area (Å²) in [6.07, 6.45) is 1.41. The molecule has 0 saturated heterocycles. The van der Waals surface area contributed by atoms with E-state index in [2.05, 4.69) is 0 Å². The van der Waals surface area contributed by atoms with Gasteiger partial charge in [0, 0.05) is 0 Å². The molecule has 0 aliphatic heterocycles. The molecule has 1 N–H and O–H groups in total. The molecule has 0 aromatic carbocycles. The lowest BCUT2D eigenvalue weighted by Crippen LogP contribution is -2.21. The first-order valence-electron chi connectivity index (χ1n) is 4.92. The quantitative estimate of drug-likeness (QED) is 0.526. The van der Waals surface area contributed by atoms with Gasteiger partial charge in [-0.1, -0.05) is 6.08 Å². The summed E-state index contributed by atoms with van der Waals surface area (Å²) >= 11 is 0. The lowest BCUT2D eigenvalue weighted by molar-refractivity contribution is -0.143. The number of phosphoric acid groups is 1. The zero-order valence-corrected chi connectivity index (χ0v) is 10.5. The Balaban J connectivity index is 4.69. The fourth-order valence-electron chi connectivity index (χ4n) is 0.891. The number of carbonyl (C=O) groups is 1. The molecule has 7 heteroatoms. The third-order valence-corrected chi connectivity index (χ3v) is 3.06. The molecule has 1 atom stereocenters. The summed E-state index contributed by atoms with van der Waals surface area (Å²) in [7, 11) is -3.79. The molecule has 0 fully saturated rings. The molecule has 0 rings (SSSR count). The summed E-state index contributed by atoms with van der Waals surface area (Å²) in [5.41, 5.74) is 0. The minimum atomic E-state index is -3.79. The van der Waals surface area contributed by atoms with Crippen LogP contribution in [-0.4, -0.2) is 30.4 Å². The van der Waals surface area contributed by atoms with Crippen LogP contribution in [0.1, 0.15) is 20.8 Å². The van der Waals surface area contributed by atoms with Crippen molar-refractivity contribution in [2.75, 3.05) is 13.2 Å². The van der Waals surface area contributed by atoms with Crippen molar-refractivity contribution in [3.8, 4) is 0 Å². The van der Waals surface area contributed by atoms with Crippen LogP contribution < -0.4 is 0 Å². The largest absolute Gasteiger partial charge is 0.479 e. The van der Waals surface area contributed by atoms with Gasteiger partial charge in [-0.05, 0) is 26.8 Å². The van der Waals surface area contributed by atoms with Gasteiger partial charge in [-0.25, -0.2) is 9.36 Å². The van der Waals surface area contributed by atoms with E-state index in [1.54, 1.807) is 20.8 Å². The average Bonchev–Trinajstić information content (AvgIpc) is 2.17. The third kappa shape index (κ3) is 5.42. The topological polar surface area (TPSA) is 82.1 Å². The van der Waals surface area contributed by atoms with E-state index in [4.69, 9.17) is 18.7 Å². The standard InChI is InChI=1S/C9H17O6P/c1-4-7-8(9(10)11)15-16(12,13-5-2)14-6-3/h4,7-8H,5-6H2,1-3H3,(H,10,11). The van der Waals surface area contributed by atoms with Crippen molar-refractivity contribution in [2.24, 2.45) is 0 Å². The van der Waals surface area contributed by atoms with Crippen molar-refractivity contribution in [2.45, 2.75) is 26.9 Å². The van der Waals surface area contributed by atoms with E-state index in [-0.39, 0.29) is 13.2 Å². The normalized spacial score (nSPS) is 14.2. The van der Waals surface area contributed by atoms with Crippen LogP contribution in [0.15, 0.2) is 12.2 Å². The fourth-order valence-corrected chi connectivity index (χ4v) is 2.16. The van der Waals surface area contributed by atoms with Crippen molar-refractivity contribution < 1.29 is 28.0 Å². The molecule has 1 unspecified atom stereocenters. The van der Waals surface area contributed by atoms with Crippen LogP contribution in [0.5, 0.6) is 0 Å². The average molecular weight is 252 g/mol. The van der Waals surface area contributed by atoms with Gasteiger partial charge in [0.25, 0.3) is 0 Å². The molecular formula is C9H17O6P. The van der Waals surface area contributed by atoms with Gasteiger partial charge in [0.15, 0.2) is 6.10 Å². The van der Waals surface area contributed by atoms with Crippen molar-refractivity contribution in [1.29, 1.82) is 0 Å². The maximum atomic E-state index is 11.8. The highest BCUT2D eigenvalue weighted by Crippen LogP contribution is 2.50. The Morgan fingerprint density at radius 1 is 1.38 bits per heavy atom. The summed E-state index contributed by atoms with van der Waals surface area (Å²) in [6.45, 7) is 5.07. The van der Waals surface area contributed by atoms with Crippen LogP contribution in [0, 0.1) is 0 Å². The van der Waals surface area contributed by atoms with E-state index >= 15 is 0 Å². The Kier molecular flexibility index (Phi) is 7.25. The molecule has 6 nitrogen and oxygen atoms in total. The van der Waals surface area contributed by atoms with Gasteiger partial charge in [-0.15, -0.1) is 0 Å². The monoisotopic (exact) mass is 252 g/mol. The third-order valence-electron chi connectivity index (χ3n) is 1.43. The highest BCUT2D eigenvalue weighted by atomic mass is 31.2. The minimum absolute atomic E-state index is 0.111. The van der Waals surface area contributed by atoms with Crippen molar-refractivity contribution >= 4 is 13.8 Å². The molecule has 0 bridgehead atoms. The number of phosphoric ester groups is 1. The summed E-state index contributed by atoms with van der Waals surface area (Å²) in [4.78, 5) is 10.8. The van der Waals surface area contributed by atoms with E-state index in [0.717, 1.165) is 0 Å². The first-order valence-corrected chi connectivity index (χ1v) is 6.38. The van der Waals surface area contributed by atoms with Gasteiger partial charge < -0.3 is 5.11 Å². The van der Waals surface area contributed by atoms with Gasteiger partial charge in [-0.2, -0.15) is 0 Å². The number of rotatable bonds is 8. The maximum absolute atomic E-state index is 11.8. The molecule has 0 saturated carbocycles. The van der Waals surface area contributed by atoms with Crippen LogP contribution in [0.25, 0.3) is 0 Å². The van der Waals surface area contributed by atoms with Gasteiger partial charge in [0.05, 0.1) is 13.2 Å². The second kappa shape index (κ2) is 7.57. The highest BCUT2D eigenvalue weighted by molar-refractivity contribution is 7.48. The van der Waals surface area contributed by atoms with Crippen LogP contribution in [-0.2, 0) is 22.9 Å². The Labute approximate surface area is 94.8 Å². The number of allylic oxidation sites excluding steroid dienone is 1. The Hall–Kier alpha value is -0.680. The molecule has 0 aromatic heterocycles. The number of hydrogen-bond acceptors (Lipinski definition) is 5. The zero-order chi connectivity index (χ0) is 12.6. The molecule has 0 aromatic rings. The molecule has 0 radical (unpaired) electrons. The first kappa shape index (κ1) is 15.3. The van der Waals surface area contributed by atoms with E-state index < -0.39 is 19.9 Å². The second-order valence-corrected chi connectivity index (χ2v) is 4.29. The predicted octanol–water partition coefficient (Wildman–Crippen LogP) is 2.21. The second-order valence-electron chi connectivity index (χ2n) is 2.67. The van der Waals surface area contributed by atoms with E-state index in [0.29, 0.717) is 0 Å². The summed E-state index contributed by atoms with van der Waals surface area (Å²) in [6, 6.07) is 0. The van der Waals surface area contributed by atoms with Gasteiger partial charge in [0.2, 0.25) is 0 Å². The lowest BCUT2D eigenvalue weighted by Gasteiger charge is -2.18. The number of carboxylic acid groups (broad SMARTS) is 1. The van der Waals surface area contributed by atoms with E-state index in [1.165, 1.54) is 12.2 Å². The minimum Gasteiger partial charge on any atom is -0.479 e.